The number of hydrogen-bond donors (Lipinski definition) is 0. The van der Waals surface area contributed by atoms with Crippen LogP contribution in [0.4, 0.5) is 0 Å². The molecule has 0 aliphatic rings. The van der Waals surface area contributed by atoms with Gasteiger partial charge in [0.15, 0.2) is 0 Å². The molecule has 1 aromatic rings. The summed E-state index contributed by atoms with van der Waals surface area (Å²) in [7, 11) is 1.39. The van der Waals surface area contributed by atoms with Crippen molar-refractivity contribution in [1.82, 2.24) is 0 Å². The van der Waals surface area contributed by atoms with Gasteiger partial charge in [-0.05, 0) is 64.7 Å². The fourth-order valence-electron chi connectivity index (χ4n) is 2.62. The van der Waals surface area contributed by atoms with Crippen LogP contribution < -0.4 is 0 Å². The molecule has 0 aliphatic heterocycles. The number of nitrogens with zero attached hydrogens (tertiary/aromatic N) is 1. The van der Waals surface area contributed by atoms with E-state index in [0.29, 0.717) is 12.0 Å². The first-order chi connectivity index (χ1) is 12.7. The summed E-state index contributed by atoms with van der Waals surface area (Å²) in [5.41, 5.74) is 1.80. The molecule has 1 unspecified atom stereocenters. The van der Waals surface area contributed by atoms with E-state index in [9.17, 15) is 9.59 Å². The van der Waals surface area contributed by atoms with Crippen molar-refractivity contribution in [2.45, 2.75) is 71.8 Å². The third kappa shape index (κ3) is 8.37. The van der Waals surface area contributed by atoms with Gasteiger partial charge in [0, 0.05) is 12.3 Å². The smallest absolute Gasteiger partial charge is 0.338 e. The SMILES string of the molecule is CCC(C)=NCCCCC(C(=O)OC)c1cccc(C(=O)OC(C)(C)C)c1. The Bertz CT molecular complexity index is 659. The molecule has 0 spiro atoms. The molecule has 0 N–H and O–H groups in total. The minimum absolute atomic E-state index is 0.287. The predicted molar refractivity (Wildman–Crippen MR) is 108 cm³/mol. The van der Waals surface area contributed by atoms with E-state index >= 15 is 0 Å². The zero-order valence-corrected chi connectivity index (χ0v) is 17.5. The maximum Gasteiger partial charge on any atom is 0.338 e. The number of aliphatic imine (C=N–C) groups is 1. The molecule has 0 amide bonds. The van der Waals surface area contributed by atoms with E-state index in [1.165, 1.54) is 7.11 Å². The van der Waals surface area contributed by atoms with Gasteiger partial charge in [-0.2, -0.15) is 0 Å². The van der Waals surface area contributed by atoms with Gasteiger partial charge in [0.1, 0.15) is 5.60 Å². The zero-order valence-electron chi connectivity index (χ0n) is 17.5. The molecule has 27 heavy (non-hydrogen) atoms. The lowest BCUT2D eigenvalue weighted by Gasteiger charge is -2.20. The molecule has 1 rings (SSSR count). The van der Waals surface area contributed by atoms with Crippen LogP contribution >= 0.6 is 0 Å². The van der Waals surface area contributed by atoms with Crippen LogP contribution in [-0.2, 0) is 14.3 Å². The van der Waals surface area contributed by atoms with Crippen LogP contribution in [0, 0.1) is 0 Å². The lowest BCUT2D eigenvalue weighted by atomic mass is 9.92. The van der Waals surface area contributed by atoms with Crippen molar-refractivity contribution >= 4 is 17.7 Å². The van der Waals surface area contributed by atoms with Crippen molar-refractivity contribution in [3.05, 3.63) is 35.4 Å². The van der Waals surface area contributed by atoms with E-state index in [4.69, 9.17) is 9.47 Å². The number of unbranched alkanes of at least 4 members (excludes halogenated alkanes) is 1. The molecule has 0 fully saturated rings. The molecule has 5 nitrogen and oxygen atoms in total. The number of methoxy groups -OCH3 is 1. The summed E-state index contributed by atoms with van der Waals surface area (Å²) in [5, 5.41) is 0. The van der Waals surface area contributed by atoms with Crippen molar-refractivity contribution in [2.24, 2.45) is 4.99 Å². The topological polar surface area (TPSA) is 65.0 Å². The van der Waals surface area contributed by atoms with E-state index in [0.717, 1.165) is 37.1 Å². The average Bonchev–Trinajstić information content (AvgIpc) is 2.62. The highest BCUT2D eigenvalue weighted by Crippen LogP contribution is 2.25. The van der Waals surface area contributed by atoms with Gasteiger partial charge in [0.25, 0.3) is 0 Å². The monoisotopic (exact) mass is 375 g/mol. The second kappa shape index (κ2) is 10.9. The maximum atomic E-state index is 12.3. The van der Waals surface area contributed by atoms with Gasteiger partial charge in [-0.1, -0.05) is 25.5 Å². The van der Waals surface area contributed by atoms with Crippen molar-refractivity contribution in [1.29, 1.82) is 0 Å². The van der Waals surface area contributed by atoms with Crippen LogP contribution in [0.1, 0.15) is 82.1 Å². The van der Waals surface area contributed by atoms with Gasteiger partial charge in [-0.15, -0.1) is 0 Å². The molecule has 0 aromatic heterocycles. The van der Waals surface area contributed by atoms with Crippen LogP contribution in [0.15, 0.2) is 29.3 Å². The number of ether oxygens (including phenoxy) is 2. The van der Waals surface area contributed by atoms with Crippen molar-refractivity contribution < 1.29 is 19.1 Å². The number of hydrogen-bond acceptors (Lipinski definition) is 5. The molecular weight excluding hydrogens is 342 g/mol. The van der Waals surface area contributed by atoms with Gasteiger partial charge >= 0.3 is 11.9 Å². The Kier molecular flexibility index (Phi) is 9.19. The van der Waals surface area contributed by atoms with E-state index in [-0.39, 0.29) is 5.97 Å². The molecule has 0 radical (unpaired) electrons. The van der Waals surface area contributed by atoms with E-state index in [1.807, 2.05) is 33.8 Å². The Balaban J connectivity index is 2.84. The number of carbonyl (C=O) groups is 2. The maximum absolute atomic E-state index is 12.3. The van der Waals surface area contributed by atoms with Gasteiger partial charge in [0.05, 0.1) is 18.6 Å². The first-order valence-electron chi connectivity index (χ1n) is 9.59. The Morgan fingerprint density at radius 1 is 1.19 bits per heavy atom. The molecule has 150 valence electrons. The number of rotatable bonds is 9. The highest BCUT2D eigenvalue weighted by molar-refractivity contribution is 5.90. The summed E-state index contributed by atoms with van der Waals surface area (Å²) < 4.78 is 10.4. The molecule has 0 aliphatic carbocycles. The Morgan fingerprint density at radius 3 is 2.48 bits per heavy atom. The minimum atomic E-state index is -0.564. The minimum Gasteiger partial charge on any atom is -0.469 e. The van der Waals surface area contributed by atoms with E-state index in [1.54, 1.807) is 18.2 Å². The van der Waals surface area contributed by atoms with Gasteiger partial charge in [-0.3, -0.25) is 9.79 Å². The van der Waals surface area contributed by atoms with Crippen molar-refractivity contribution in [2.75, 3.05) is 13.7 Å². The molecule has 1 atom stereocenters. The Hall–Kier alpha value is -2.17. The molecule has 0 bridgehead atoms. The van der Waals surface area contributed by atoms with Crippen molar-refractivity contribution in [3.8, 4) is 0 Å². The van der Waals surface area contributed by atoms with Crippen LogP contribution in [0.25, 0.3) is 0 Å². The first-order valence-corrected chi connectivity index (χ1v) is 9.59. The second-order valence-corrected chi connectivity index (χ2v) is 7.67. The summed E-state index contributed by atoms with van der Waals surface area (Å²) in [5.74, 6) is -1.07. The summed E-state index contributed by atoms with van der Waals surface area (Å²) in [6.07, 6.45) is 3.39. The van der Waals surface area contributed by atoms with Crippen LogP contribution in [-0.4, -0.2) is 36.9 Å². The molecule has 0 saturated heterocycles. The Labute approximate surface area is 163 Å². The normalized spacial score (nSPS) is 13.2. The number of carbonyl (C=O) groups excluding carboxylic acids is 2. The lowest BCUT2D eigenvalue weighted by molar-refractivity contribution is -0.142. The lowest BCUT2D eigenvalue weighted by Crippen LogP contribution is -2.24. The predicted octanol–water partition coefficient (Wildman–Crippen LogP) is 4.94. The standard InChI is InChI=1S/C22H33NO4/c1-7-16(2)23-14-9-8-13-19(21(25)26-6)17-11-10-12-18(15-17)20(24)27-22(3,4)5/h10-12,15,19H,7-9,13-14H2,1-6H3. The molecule has 5 heteroatoms. The third-order valence-corrected chi connectivity index (χ3v) is 4.20. The number of benzene rings is 1. The van der Waals surface area contributed by atoms with Crippen LogP contribution in [0.3, 0.4) is 0 Å². The van der Waals surface area contributed by atoms with Crippen molar-refractivity contribution in [3.63, 3.8) is 0 Å². The molecule has 0 heterocycles. The molecule has 0 saturated carbocycles. The van der Waals surface area contributed by atoms with Crippen LogP contribution in [0.5, 0.6) is 0 Å². The van der Waals surface area contributed by atoms with E-state index in [2.05, 4.69) is 11.9 Å². The number of esters is 2. The zero-order chi connectivity index (χ0) is 20.4. The van der Waals surface area contributed by atoms with E-state index < -0.39 is 17.5 Å². The first kappa shape index (κ1) is 22.9. The van der Waals surface area contributed by atoms with Gasteiger partial charge in [0.2, 0.25) is 0 Å². The summed E-state index contributed by atoms with van der Waals surface area (Å²) in [6, 6.07) is 7.07. The van der Waals surface area contributed by atoms with Gasteiger partial charge < -0.3 is 9.47 Å². The third-order valence-electron chi connectivity index (χ3n) is 4.20. The summed E-state index contributed by atoms with van der Waals surface area (Å²) >= 11 is 0. The van der Waals surface area contributed by atoms with Crippen LogP contribution in [0.2, 0.25) is 0 Å². The Morgan fingerprint density at radius 2 is 1.89 bits per heavy atom. The fourth-order valence-corrected chi connectivity index (χ4v) is 2.62. The largest absolute Gasteiger partial charge is 0.469 e. The van der Waals surface area contributed by atoms with Gasteiger partial charge in [-0.25, -0.2) is 4.79 Å². The molecule has 1 aromatic carbocycles. The molecular formula is C22H33NO4. The summed E-state index contributed by atoms with van der Waals surface area (Å²) in [4.78, 5) is 29.1. The average molecular weight is 376 g/mol. The highest BCUT2D eigenvalue weighted by Gasteiger charge is 2.23. The fraction of sp³-hybridized carbons (Fsp3) is 0.591. The highest BCUT2D eigenvalue weighted by atomic mass is 16.6. The second-order valence-electron chi connectivity index (χ2n) is 7.67. The quantitative estimate of drug-likeness (QED) is 0.348. The summed E-state index contributed by atoms with van der Waals surface area (Å²) in [6.45, 7) is 10.4.